The van der Waals surface area contributed by atoms with Gasteiger partial charge < -0.3 is 14.9 Å². The fraction of sp³-hybridized carbons (Fsp3) is 1.00. The van der Waals surface area contributed by atoms with Crippen LogP contribution < -0.4 is 0 Å². The summed E-state index contributed by atoms with van der Waals surface area (Å²) in [5.41, 5.74) is 0. The lowest BCUT2D eigenvalue weighted by molar-refractivity contribution is -0.0259. The van der Waals surface area contributed by atoms with Gasteiger partial charge in [-0.2, -0.15) is 0 Å². The summed E-state index contributed by atoms with van der Waals surface area (Å²) in [7, 11) is 0. The van der Waals surface area contributed by atoms with Crippen molar-refractivity contribution in [2.75, 3.05) is 13.2 Å². The van der Waals surface area contributed by atoms with Crippen molar-refractivity contribution in [2.45, 2.75) is 37.9 Å². The topological polar surface area (TPSA) is 49.7 Å². The van der Waals surface area contributed by atoms with E-state index in [0.717, 1.165) is 12.8 Å². The fourth-order valence-corrected chi connectivity index (χ4v) is 1.35. The minimum atomic E-state index is -0.699. The Kier molecular flexibility index (Phi) is 3.83. The molecule has 66 valence electrons. The third kappa shape index (κ3) is 3.18. The van der Waals surface area contributed by atoms with Crippen LogP contribution in [0.15, 0.2) is 0 Å². The average molecular weight is 160 g/mol. The van der Waals surface area contributed by atoms with Crippen LogP contribution >= 0.6 is 0 Å². The van der Waals surface area contributed by atoms with Gasteiger partial charge >= 0.3 is 0 Å². The minimum Gasteiger partial charge on any atom is -0.394 e. The smallest absolute Gasteiger partial charge is 0.100 e. The standard InChI is InChI=1S/C8H16O3/c9-5-7(10)6-11-8-3-1-2-4-8/h7-10H,1-6H2. The Morgan fingerprint density at radius 3 is 2.55 bits per heavy atom. The second-order valence-corrected chi connectivity index (χ2v) is 3.08. The third-order valence-corrected chi connectivity index (χ3v) is 2.04. The molecule has 1 aliphatic carbocycles. The number of aliphatic hydroxyl groups is 2. The Labute approximate surface area is 67.0 Å². The van der Waals surface area contributed by atoms with Gasteiger partial charge in [-0.1, -0.05) is 12.8 Å². The Bertz CT molecular complexity index is 99.5. The van der Waals surface area contributed by atoms with Crippen molar-refractivity contribution in [3.8, 4) is 0 Å². The quantitative estimate of drug-likeness (QED) is 0.622. The van der Waals surface area contributed by atoms with Gasteiger partial charge in [0.25, 0.3) is 0 Å². The molecule has 1 saturated carbocycles. The monoisotopic (exact) mass is 160 g/mol. The summed E-state index contributed by atoms with van der Waals surface area (Å²) in [5, 5.41) is 17.4. The summed E-state index contributed by atoms with van der Waals surface area (Å²) < 4.78 is 5.35. The molecule has 1 fully saturated rings. The molecular weight excluding hydrogens is 144 g/mol. The maximum Gasteiger partial charge on any atom is 0.100 e. The first-order valence-corrected chi connectivity index (χ1v) is 4.23. The van der Waals surface area contributed by atoms with Crippen molar-refractivity contribution in [1.82, 2.24) is 0 Å². The molecule has 0 heterocycles. The van der Waals surface area contributed by atoms with Crippen LogP contribution in [0.2, 0.25) is 0 Å². The molecule has 0 aromatic heterocycles. The Hall–Kier alpha value is -0.120. The maximum atomic E-state index is 8.94. The van der Waals surface area contributed by atoms with Gasteiger partial charge in [0.15, 0.2) is 0 Å². The molecule has 0 bridgehead atoms. The Balaban J connectivity index is 2.01. The lowest BCUT2D eigenvalue weighted by atomic mass is 10.3. The molecule has 3 nitrogen and oxygen atoms in total. The van der Waals surface area contributed by atoms with Crippen LogP contribution in [0.4, 0.5) is 0 Å². The van der Waals surface area contributed by atoms with E-state index in [9.17, 15) is 0 Å². The minimum absolute atomic E-state index is 0.202. The molecule has 11 heavy (non-hydrogen) atoms. The van der Waals surface area contributed by atoms with Gasteiger partial charge in [0.05, 0.1) is 19.3 Å². The van der Waals surface area contributed by atoms with Crippen molar-refractivity contribution in [3.63, 3.8) is 0 Å². The normalized spacial score (nSPS) is 22.4. The van der Waals surface area contributed by atoms with E-state index in [1.54, 1.807) is 0 Å². The summed E-state index contributed by atoms with van der Waals surface area (Å²) in [6.07, 6.45) is 4.32. The highest BCUT2D eigenvalue weighted by Crippen LogP contribution is 2.20. The molecule has 1 unspecified atom stereocenters. The largest absolute Gasteiger partial charge is 0.394 e. The van der Waals surface area contributed by atoms with E-state index in [1.165, 1.54) is 12.8 Å². The second kappa shape index (κ2) is 4.70. The summed E-state index contributed by atoms with van der Waals surface area (Å²) in [6, 6.07) is 0. The molecule has 1 aliphatic rings. The molecule has 0 aromatic carbocycles. The molecule has 0 aliphatic heterocycles. The van der Waals surface area contributed by atoms with Crippen molar-refractivity contribution in [3.05, 3.63) is 0 Å². The molecule has 0 amide bonds. The summed E-state index contributed by atoms with van der Waals surface area (Å²) >= 11 is 0. The number of aliphatic hydroxyl groups excluding tert-OH is 2. The van der Waals surface area contributed by atoms with E-state index < -0.39 is 6.10 Å². The second-order valence-electron chi connectivity index (χ2n) is 3.08. The molecule has 0 spiro atoms. The fourth-order valence-electron chi connectivity index (χ4n) is 1.35. The first-order chi connectivity index (χ1) is 5.33. The summed E-state index contributed by atoms with van der Waals surface area (Å²) in [6.45, 7) is 0.0773. The van der Waals surface area contributed by atoms with Crippen molar-refractivity contribution in [2.24, 2.45) is 0 Å². The van der Waals surface area contributed by atoms with Gasteiger partial charge in [-0.3, -0.25) is 0 Å². The van der Waals surface area contributed by atoms with Gasteiger partial charge in [-0.25, -0.2) is 0 Å². The number of hydrogen-bond donors (Lipinski definition) is 2. The first-order valence-electron chi connectivity index (χ1n) is 4.23. The molecule has 3 heteroatoms. The van der Waals surface area contributed by atoms with Crippen molar-refractivity contribution >= 4 is 0 Å². The zero-order valence-electron chi connectivity index (χ0n) is 6.70. The predicted octanol–water partition coefficient (Wildman–Crippen LogP) is 0.299. The highest BCUT2D eigenvalue weighted by molar-refractivity contribution is 4.67. The van der Waals surface area contributed by atoms with E-state index in [-0.39, 0.29) is 13.2 Å². The summed E-state index contributed by atoms with van der Waals surface area (Å²) in [5.74, 6) is 0. The van der Waals surface area contributed by atoms with E-state index in [2.05, 4.69) is 0 Å². The zero-order valence-corrected chi connectivity index (χ0v) is 6.70. The third-order valence-electron chi connectivity index (χ3n) is 2.04. The van der Waals surface area contributed by atoms with E-state index >= 15 is 0 Å². The Morgan fingerprint density at radius 1 is 1.36 bits per heavy atom. The SMILES string of the molecule is OCC(O)COC1CCCC1. The van der Waals surface area contributed by atoms with Crippen LogP contribution in [-0.2, 0) is 4.74 Å². The summed E-state index contributed by atoms with van der Waals surface area (Å²) in [4.78, 5) is 0. The van der Waals surface area contributed by atoms with Gasteiger partial charge in [0, 0.05) is 0 Å². The lowest BCUT2D eigenvalue weighted by Crippen LogP contribution is -2.22. The maximum absolute atomic E-state index is 8.94. The highest BCUT2D eigenvalue weighted by Gasteiger charge is 2.16. The highest BCUT2D eigenvalue weighted by atomic mass is 16.5. The first kappa shape index (κ1) is 8.97. The van der Waals surface area contributed by atoms with Crippen molar-refractivity contribution < 1.29 is 14.9 Å². The molecule has 1 atom stereocenters. The van der Waals surface area contributed by atoms with Crippen molar-refractivity contribution in [1.29, 1.82) is 0 Å². The van der Waals surface area contributed by atoms with Crippen LogP contribution in [0.25, 0.3) is 0 Å². The van der Waals surface area contributed by atoms with E-state index in [4.69, 9.17) is 14.9 Å². The molecular formula is C8H16O3. The van der Waals surface area contributed by atoms with Crippen LogP contribution in [0, 0.1) is 0 Å². The van der Waals surface area contributed by atoms with Crippen LogP contribution in [0.3, 0.4) is 0 Å². The molecule has 0 aromatic rings. The van der Waals surface area contributed by atoms with E-state index in [0.29, 0.717) is 6.10 Å². The average Bonchev–Trinajstić information content (AvgIpc) is 2.52. The lowest BCUT2D eigenvalue weighted by Gasteiger charge is -2.13. The van der Waals surface area contributed by atoms with Gasteiger partial charge in [0.1, 0.15) is 6.10 Å². The van der Waals surface area contributed by atoms with Gasteiger partial charge in [0.2, 0.25) is 0 Å². The van der Waals surface area contributed by atoms with Crippen LogP contribution in [0.5, 0.6) is 0 Å². The van der Waals surface area contributed by atoms with Gasteiger partial charge in [-0.05, 0) is 12.8 Å². The molecule has 0 radical (unpaired) electrons. The van der Waals surface area contributed by atoms with Crippen LogP contribution in [-0.4, -0.2) is 35.6 Å². The Morgan fingerprint density at radius 2 is 2.00 bits per heavy atom. The predicted molar refractivity (Wildman–Crippen MR) is 41.3 cm³/mol. The number of rotatable bonds is 4. The number of hydrogen-bond acceptors (Lipinski definition) is 3. The molecule has 2 N–H and O–H groups in total. The number of ether oxygens (including phenoxy) is 1. The van der Waals surface area contributed by atoms with Gasteiger partial charge in [-0.15, -0.1) is 0 Å². The van der Waals surface area contributed by atoms with Crippen LogP contribution in [0.1, 0.15) is 25.7 Å². The molecule has 1 rings (SSSR count). The van der Waals surface area contributed by atoms with E-state index in [1.807, 2.05) is 0 Å². The zero-order chi connectivity index (χ0) is 8.10. The molecule has 0 saturated heterocycles.